The molecule has 0 bridgehead atoms. The normalized spacial score (nSPS) is 19.8. The van der Waals surface area contributed by atoms with E-state index in [2.05, 4.69) is 4.99 Å². The standard InChI is InChI=1S/C23H25ClN2O5S/c1-3-10-25-23-26(19-7-5-4-6-15(19)2)22(29)21(32(23)30)12-16-8-9-20(18(24)11-16)31-14-17(28)13-27/h4-9,11-12,17,27-28H,3,10,13-14H2,1-2H3/b21-12+,25-23+/t17-,32?/m0/s1. The van der Waals surface area contributed by atoms with E-state index in [1.807, 2.05) is 32.0 Å². The molecule has 2 aromatic rings. The number of nitrogens with zero attached hydrogens (tertiary/aromatic N) is 2. The first-order valence-electron chi connectivity index (χ1n) is 10.2. The summed E-state index contributed by atoms with van der Waals surface area (Å²) in [7, 11) is 0. The molecular weight excluding hydrogens is 452 g/mol. The molecule has 170 valence electrons. The summed E-state index contributed by atoms with van der Waals surface area (Å²) in [5.41, 5.74) is 2.09. The van der Waals surface area contributed by atoms with Crippen LogP contribution in [0.2, 0.25) is 5.02 Å². The van der Waals surface area contributed by atoms with Crippen molar-refractivity contribution in [2.75, 3.05) is 24.7 Å². The summed E-state index contributed by atoms with van der Waals surface area (Å²) in [5, 5.41) is 18.8. The SMILES string of the molecule is CCC/N=C1\N(c2ccccc2C)C(=O)/C(=C\c2ccc(OC[C@@H](O)CO)c(Cl)c2)[S+]1[O-]. The lowest BCUT2D eigenvalue weighted by atomic mass is 10.1. The van der Waals surface area contributed by atoms with Gasteiger partial charge in [0.2, 0.25) is 4.91 Å². The monoisotopic (exact) mass is 476 g/mol. The van der Waals surface area contributed by atoms with Crippen molar-refractivity contribution in [1.29, 1.82) is 0 Å². The van der Waals surface area contributed by atoms with Gasteiger partial charge in [0.25, 0.3) is 0 Å². The van der Waals surface area contributed by atoms with Crippen molar-refractivity contribution in [2.45, 2.75) is 26.4 Å². The zero-order chi connectivity index (χ0) is 23.3. The predicted octanol–water partition coefficient (Wildman–Crippen LogP) is 3.28. The van der Waals surface area contributed by atoms with Gasteiger partial charge in [-0.1, -0.05) is 42.8 Å². The maximum absolute atomic E-state index is 13.3. The highest BCUT2D eigenvalue weighted by Gasteiger charge is 2.47. The number of aliphatic hydroxyl groups excluding tert-OH is 2. The number of aliphatic hydroxyl groups is 2. The van der Waals surface area contributed by atoms with E-state index in [9.17, 15) is 14.5 Å². The molecule has 1 aliphatic rings. The third kappa shape index (κ3) is 5.33. The number of para-hydroxylation sites is 1. The molecule has 1 saturated heterocycles. The molecule has 1 unspecified atom stereocenters. The number of amidine groups is 1. The number of anilines is 1. The van der Waals surface area contributed by atoms with Crippen LogP contribution < -0.4 is 9.64 Å². The molecule has 2 N–H and O–H groups in total. The zero-order valence-electron chi connectivity index (χ0n) is 17.8. The quantitative estimate of drug-likeness (QED) is 0.449. The Kier molecular flexibility index (Phi) is 8.33. The van der Waals surface area contributed by atoms with Crippen molar-refractivity contribution in [3.8, 4) is 5.75 Å². The number of rotatable bonds is 8. The first-order valence-corrected chi connectivity index (χ1v) is 11.7. The Morgan fingerprint density at radius 3 is 2.72 bits per heavy atom. The molecule has 3 rings (SSSR count). The molecule has 0 spiro atoms. The topological polar surface area (TPSA) is 105 Å². The third-order valence-corrected chi connectivity index (χ3v) is 6.32. The maximum atomic E-state index is 13.3. The first-order chi connectivity index (χ1) is 15.4. The summed E-state index contributed by atoms with van der Waals surface area (Å²) in [4.78, 5) is 19.3. The van der Waals surface area contributed by atoms with Crippen LogP contribution in [-0.2, 0) is 16.0 Å². The highest BCUT2D eigenvalue weighted by Crippen LogP contribution is 2.34. The molecule has 2 aromatic carbocycles. The summed E-state index contributed by atoms with van der Waals surface area (Å²) in [6.45, 7) is 3.78. The van der Waals surface area contributed by atoms with Crippen molar-refractivity contribution < 1.29 is 24.3 Å². The fourth-order valence-corrected chi connectivity index (χ4v) is 4.54. The van der Waals surface area contributed by atoms with Gasteiger partial charge in [-0.05, 0) is 42.7 Å². The lowest BCUT2D eigenvalue weighted by molar-refractivity contribution is -0.113. The number of ether oxygens (including phenoxy) is 1. The van der Waals surface area contributed by atoms with Gasteiger partial charge in [-0.15, -0.1) is 0 Å². The molecule has 2 atom stereocenters. The summed E-state index contributed by atoms with van der Waals surface area (Å²) < 4.78 is 18.6. The van der Waals surface area contributed by atoms with Crippen molar-refractivity contribution in [1.82, 2.24) is 0 Å². The lowest BCUT2D eigenvalue weighted by Crippen LogP contribution is -2.31. The molecule has 32 heavy (non-hydrogen) atoms. The van der Waals surface area contributed by atoms with Crippen LogP contribution in [-0.4, -0.2) is 51.7 Å². The maximum Gasteiger partial charge on any atom is 0.332 e. The summed E-state index contributed by atoms with van der Waals surface area (Å²) in [6.07, 6.45) is 1.29. The van der Waals surface area contributed by atoms with Gasteiger partial charge in [0, 0.05) is 12.6 Å². The van der Waals surface area contributed by atoms with E-state index in [1.165, 1.54) is 11.0 Å². The van der Waals surface area contributed by atoms with Crippen LogP contribution >= 0.6 is 11.6 Å². The fraction of sp³-hybridized carbons (Fsp3) is 0.304. The van der Waals surface area contributed by atoms with Gasteiger partial charge in [0.1, 0.15) is 18.5 Å². The number of carbonyl (C=O) groups is 1. The van der Waals surface area contributed by atoms with Gasteiger partial charge in [-0.2, -0.15) is 0 Å². The van der Waals surface area contributed by atoms with E-state index < -0.39 is 29.8 Å². The number of aryl methyl sites for hydroxylation is 1. The van der Waals surface area contributed by atoms with Crippen LogP contribution in [0.25, 0.3) is 6.08 Å². The van der Waals surface area contributed by atoms with Gasteiger partial charge >= 0.3 is 11.1 Å². The van der Waals surface area contributed by atoms with E-state index in [0.717, 1.165) is 12.0 Å². The molecule has 7 nitrogen and oxygen atoms in total. The molecule has 1 aliphatic heterocycles. The van der Waals surface area contributed by atoms with E-state index >= 15 is 0 Å². The number of carbonyl (C=O) groups excluding carboxylic acids is 1. The predicted molar refractivity (Wildman–Crippen MR) is 127 cm³/mol. The minimum atomic E-state index is -1.74. The number of hydrogen-bond donors (Lipinski definition) is 2. The number of amides is 1. The Balaban J connectivity index is 1.94. The van der Waals surface area contributed by atoms with Crippen molar-refractivity contribution in [3.05, 3.63) is 63.5 Å². The minimum Gasteiger partial charge on any atom is -0.604 e. The van der Waals surface area contributed by atoms with Crippen LogP contribution in [0.15, 0.2) is 52.4 Å². The van der Waals surface area contributed by atoms with E-state index in [4.69, 9.17) is 21.4 Å². The molecule has 1 heterocycles. The minimum absolute atomic E-state index is 0.109. The van der Waals surface area contributed by atoms with Crippen molar-refractivity contribution in [3.63, 3.8) is 0 Å². The van der Waals surface area contributed by atoms with E-state index in [-0.39, 0.29) is 21.7 Å². The molecule has 0 aliphatic carbocycles. The second-order valence-electron chi connectivity index (χ2n) is 7.21. The molecular formula is C23H25ClN2O5S. The molecule has 9 heteroatoms. The second kappa shape index (κ2) is 11.0. The smallest absolute Gasteiger partial charge is 0.332 e. The number of halogens is 1. The van der Waals surface area contributed by atoms with Crippen LogP contribution in [0.5, 0.6) is 5.75 Å². The molecule has 1 amide bonds. The molecule has 0 aromatic heterocycles. The Labute approximate surface area is 195 Å². The second-order valence-corrected chi connectivity index (χ2v) is 8.96. The Hall–Kier alpha value is -2.36. The third-order valence-electron chi connectivity index (χ3n) is 4.69. The van der Waals surface area contributed by atoms with Gasteiger partial charge in [0.05, 0.1) is 28.5 Å². The summed E-state index contributed by atoms with van der Waals surface area (Å²) >= 11 is 4.52. The highest BCUT2D eigenvalue weighted by atomic mass is 35.5. The van der Waals surface area contributed by atoms with Crippen LogP contribution in [0.3, 0.4) is 0 Å². The van der Waals surface area contributed by atoms with Crippen molar-refractivity contribution >= 4 is 45.6 Å². The van der Waals surface area contributed by atoms with Gasteiger partial charge in [-0.3, -0.25) is 4.79 Å². The highest BCUT2D eigenvalue weighted by molar-refractivity contribution is 8.12. The average molecular weight is 477 g/mol. The molecule has 1 fully saturated rings. The first kappa shape index (κ1) is 24.3. The average Bonchev–Trinajstić information content (AvgIpc) is 3.01. The molecule has 0 saturated carbocycles. The van der Waals surface area contributed by atoms with Gasteiger partial charge in [-0.25, -0.2) is 9.89 Å². The van der Waals surface area contributed by atoms with Gasteiger partial charge in [0.15, 0.2) is 0 Å². The Bertz CT molecular complexity index is 1040. The largest absolute Gasteiger partial charge is 0.604 e. The lowest BCUT2D eigenvalue weighted by Gasteiger charge is -2.15. The summed E-state index contributed by atoms with van der Waals surface area (Å²) in [6, 6.07) is 12.2. The fourth-order valence-electron chi connectivity index (χ4n) is 3.05. The Morgan fingerprint density at radius 2 is 2.06 bits per heavy atom. The number of benzene rings is 2. The van der Waals surface area contributed by atoms with E-state index in [0.29, 0.717) is 23.5 Å². The Morgan fingerprint density at radius 1 is 1.31 bits per heavy atom. The van der Waals surface area contributed by atoms with Crippen LogP contribution in [0.4, 0.5) is 5.69 Å². The van der Waals surface area contributed by atoms with Crippen LogP contribution in [0, 0.1) is 6.92 Å². The van der Waals surface area contributed by atoms with Crippen LogP contribution in [0.1, 0.15) is 24.5 Å². The molecule has 0 radical (unpaired) electrons. The number of hydrogen-bond acceptors (Lipinski definition) is 6. The van der Waals surface area contributed by atoms with Crippen molar-refractivity contribution in [2.24, 2.45) is 4.99 Å². The van der Waals surface area contributed by atoms with E-state index in [1.54, 1.807) is 24.3 Å². The summed E-state index contributed by atoms with van der Waals surface area (Å²) in [5.74, 6) is -0.0677. The number of aliphatic imine (C=N–C) groups is 1. The van der Waals surface area contributed by atoms with Gasteiger partial charge < -0.3 is 19.5 Å². The zero-order valence-corrected chi connectivity index (χ0v) is 19.4.